The standard InChI is InChI=1S/C21H27N3O2S/c1-27(25,26)24-15-20-6-3-2-5-19(20)13-21(17-24)9-4-12-23(16-21)14-18-7-10-22-11-8-18/h2-3,5-8,10-11H,4,9,12-17H2,1H3. The molecular weight excluding hydrogens is 358 g/mol. The Kier molecular flexibility index (Phi) is 5.16. The second-order valence-electron chi connectivity index (χ2n) is 8.15. The van der Waals surface area contributed by atoms with Gasteiger partial charge in [-0.05, 0) is 54.6 Å². The second-order valence-corrected chi connectivity index (χ2v) is 10.1. The van der Waals surface area contributed by atoms with Crippen LogP contribution in [0, 0.1) is 5.41 Å². The van der Waals surface area contributed by atoms with Crippen molar-refractivity contribution in [2.75, 3.05) is 25.9 Å². The summed E-state index contributed by atoms with van der Waals surface area (Å²) >= 11 is 0. The van der Waals surface area contributed by atoms with E-state index in [2.05, 4.69) is 40.2 Å². The lowest BCUT2D eigenvalue weighted by Crippen LogP contribution is -2.51. The first-order valence-electron chi connectivity index (χ1n) is 9.57. The molecule has 0 radical (unpaired) electrons. The number of piperidine rings is 1. The van der Waals surface area contributed by atoms with Crippen LogP contribution in [0.5, 0.6) is 0 Å². The Hall–Kier alpha value is -1.60. The molecule has 1 aromatic carbocycles. The number of pyridine rings is 1. The van der Waals surface area contributed by atoms with Gasteiger partial charge in [0.1, 0.15) is 16.7 Å². The van der Waals surface area contributed by atoms with Crippen LogP contribution in [0.1, 0.15) is 29.5 Å². The molecule has 2 aliphatic heterocycles. The zero-order chi connectivity index (χ0) is 18.9. The number of fused-ring (bicyclic) bond motifs is 1. The van der Waals surface area contributed by atoms with Gasteiger partial charge in [0.25, 0.3) is 0 Å². The predicted octanol–water partition coefficient (Wildman–Crippen LogP) is 2.90. The highest BCUT2D eigenvalue weighted by atomic mass is 32.3. The second kappa shape index (κ2) is 7.43. The number of hydrogen-bond donors (Lipinski definition) is 0. The van der Waals surface area contributed by atoms with Crippen LogP contribution in [-0.2, 0) is 34.1 Å². The molecule has 2 aromatic rings. The van der Waals surface area contributed by atoms with Crippen molar-refractivity contribution in [3.63, 3.8) is 0 Å². The maximum atomic E-state index is 12.5. The van der Waals surface area contributed by atoms with Crippen LogP contribution in [-0.4, -0.2) is 44.6 Å². The van der Waals surface area contributed by atoms with Crippen molar-refractivity contribution in [3.8, 4) is 0 Å². The number of rotatable bonds is 3. The van der Waals surface area contributed by atoms with E-state index in [0.29, 0.717) is 13.1 Å². The molecule has 2 atom stereocenters. The molecule has 1 spiro atoms. The number of likely N-dealkylation sites (tertiary alicyclic amines) is 1. The molecule has 1 saturated heterocycles. The molecule has 0 N–H and O–H groups in total. The molecule has 2 aliphatic rings. The van der Waals surface area contributed by atoms with Gasteiger partial charge in [-0.1, -0.05) is 28.5 Å². The maximum Gasteiger partial charge on any atom is 0.122 e. The zero-order valence-corrected chi connectivity index (χ0v) is 16.7. The quantitative estimate of drug-likeness (QED) is 0.763. The molecule has 0 aliphatic carbocycles. The minimum Gasteiger partial charge on any atom is -0.598 e. The topological polar surface area (TPSA) is 59.5 Å². The molecular formula is C21H27N3O2S. The van der Waals surface area contributed by atoms with Gasteiger partial charge in [-0.25, -0.2) is 0 Å². The fraction of sp³-hybridized carbons (Fsp3) is 0.476. The van der Waals surface area contributed by atoms with Crippen molar-refractivity contribution in [1.29, 1.82) is 0 Å². The number of aromatic nitrogens is 1. The average molecular weight is 386 g/mol. The molecule has 0 saturated carbocycles. The van der Waals surface area contributed by atoms with Crippen LogP contribution in [0.4, 0.5) is 0 Å². The summed E-state index contributed by atoms with van der Waals surface area (Å²) in [5, 5.41) is 0. The lowest BCUT2D eigenvalue weighted by molar-refractivity contribution is 0.0659. The summed E-state index contributed by atoms with van der Waals surface area (Å²) in [7, 11) is -3.24. The molecule has 4 rings (SSSR count). The monoisotopic (exact) mass is 385 g/mol. The highest BCUT2D eigenvalue weighted by molar-refractivity contribution is 7.94. The Labute approximate surface area is 162 Å². The van der Waals surface area contributed by atoms with Gasteiger partial charge in [0.2, 0.25) is 0 Å². The lowest BCUT2D eigenvalue weighted by Gasteiger charge is -2.44. The summed E-state index contributed by atoms with van der Waals surface area (Å²) in [6.07, 6.45) is 8.13. The van der Waals surface area contributed by atoms with Crippen LogP contribution < -0.4 is 0 Å². The Morgan fingerprint density at radius 3 is 2.63 bits per heavy atom. The van der Waals surface area contributed by atoms with Gasteiger partial charge in [0.15, 0.2) is 0 Å². The minimum atomic E-state index is -3.24. The Bertz CT molecular complexity index is 838. The molecule has 1 fully saturated rings. The van der Waals surface area contributed by atoms with Gasteiger partial charge < -0.3 is 4.55 Å². The zero-order valence-electron chi connectivity index (χ0n) is 15.8. The molecule has 144 valence electrons. The van der Waals surface area contributed by atoms with E-state index in [-0.39, 0.29) is 5.41 Å². The number of hydrogen-bond acceptors (Lipinski definition) is 4. The third-order valence-corrected chi connectivity index (χ3v) is 7.10. The Balaban J connectivity index is 1.62. The summed E-state index contributed by atoms with van der Waals surface area (Å²) in [6, 6.07) is 12.4. The largest absolute Gasteiger partial charge is 0.598 e. The summed E-state index contributed by atoms with van der Waals surface area (Å²) < 4.78 is 26.6. The van der Waals surface area contributed by atoms with E-state index in [4.69, 9.17) is 0 Å². The highest BCUT2D eigenvalue weighted by Gasteiger charge is 2.43. The third-order valence-electron chi connectivity index (χ3n) is 5.91. The van der Waals surface area contributed by atoms with Gasteiger partial charge in [0.05, 0.1) is 13.1 Å². The van der Waals surface area contributed by atoms with Gasteiger partial charge in [-0.2, -0.15) is 0 Å². The summed E-state index contributed by atoms with van der Waals surface area (Å²) in [5.41, 5.74) is 3.68. The van der Waals surface area contributed by atoms with Gasteiger partial charge >= 0.3 is 0 Å². The lowest BCUT2D eigenvalue weighted by atomic mass is 9.75. The maximum absolute atomic E-state index is 12.5. The highest BCUT2D eigenvalue weighted by Crippen LogP contribution is 2.39. The Morgan fingerprint density at radius 1 is 1.15 bits per heavy atom. The third kappa shape index (κ3) is 4.29. The van der Waals surface area contributed by atoms with Crippen molar-refractivity contribution in [3.05, 3.63) is 65.5 Å². The summed E-state index contributed by atoms with van der Waals surface area (Å²) in [6.45, 7) is 3.97. The molecule has 27 heavy (non-hydrogen) atoms. The molecule has 0 bridgehead atoms. The van der Waals surface area contributed by atoms with Crippen LogP contribution >= 0.6 is 0 Å². The van der Waals surface area contributed by atoms with Gasteiger partial charge in [-0.3, -0.25) is 9.88 Å². The van der Waals surface area contributed by atoms with E-state index in [1.165, 1.54) is 17.4 Å². The summed E-state index contributed by atoms with van der Waals surface area (Å²) in [5.74, 6) is 0. The first-order valence-corrected chi connectivity index (χ1v) is 11.4. The van der Waals surface area contributed by atoms with Gasteiger partial charge in [-0.15, -0.1) is 4.31 Å². The number of sulfonamides is 1. The smallest absolute Gasteiger partial charge is 0.122 e. The molecule has 0 amide bonds. The predicted molar refractivity (Wildman–Crippen MR) is 106 cm³/mol. The minimum absolute atomic E-state index is 0.0268. The molecule has 1 aromatic heterocycles. The average Bonchev–Trinajstić information content (AvgIpc) is 2.79. The van der Waals surface area contributed by atoms with E-state index < -0.39 is 10.4 Å². The van der Waals surface area contributed by atoms with E-state index in [9.17, 15) is 8.76 Å². The first-order chi connectivity index (χ1) is 12.9. The SMILES string of the molecule is C[S+](=O)([O-])N1Cc2ccccc2CC2(CCCN(Cc3ccncc3)C2)C1. The van der Waals surface area contributed by atoms with E-state index >= 15 is 0 Å². The first kappa shape index (κ1) is 18.7. The van der Waals surface area contributed by atoms with Crippen molar-refractivity contribution < 1.29 is 8.76 Å². The van der Waals surface area contributed by atoms with Crippen LogP contribution in [0.25, 0.3) is 0 Å². The Morgan fingerprint density at radius 2 is 1.89 bits per heavy atom. The summed E-state index contributed by atoms with van der Waals surface area (Å²) in [4.78, 5) is 6.58. The van der Waals surface area contributed by atoms with Crippen molar-refractivity contribution in [2.24, 2.45) is 5.41 Å². The number of benzene rings is 1. The molecule has 5 nitrogen and oxygen atoms in total. The molecule has 6 heteroatoms. The van der Waals surface area contributed by atoms with Crippen LogP contribution in [0.3, 0.4) is 0 Å². The van der Waals surface area contributed by atoms with Crippen LogP contribution in [0.15, 0.2) is 48.8 Å². The van der Waals surface area contributed by atoms with Crippen molar-refractivity contribution in [2.45, 2.75) is 32.4 Å². The van der Waals surface area contributed by atoms with Crippen LogP contribution in [0.2, 0.25) is 0 Å². The molecule has 2 unspecified atom stereocenters. The van der Waals surface area contributed by atoms with Crippen molar-refractivity contribution in [1.82, 2.24) is 14.2 Å². The normalized spacial score (nSPS) is 26.3. The fourth-order valence-corrected chi connectivity index (χ4v) is 5.55. The van der Waals surface area contributed by atoms with E-state index in [0.717, 1.165) is 44.5 Å². The van der Waals surface area contributed by atoms with E-state index in [1.807, 2.05) is 18.5 Å². The number of nitrogens with zero attached hydrogens (tertiary/aromatic N) is 3. The van der Waals surface area contributed by atoms with Crippen molar-refractivity contribution >= 4 is 10.4 Å². The van der Waals surface area contributed by atoms with E-state index in [1.54, 1.807) is 4.31 Å². The fourth-order valence-electron chi connectivity index (χ4n) is 4.66. The van der Waals surface area contributed by atoms with Gasteiger partial charge in [0, 0.05) is 30.9 Å². The molecule has 3 heterocycles.